The molecule has 0 aliphatic rings. The van der Waals surface area contributed by atoms with E-state index in [0.717, 1.165) is 16.4 Å². The fourth-order valence-corrected chi connectivity index (χ4v) is 2.41. The highest BCUT2D eigenvalue weighted by Crippen LogP contribution is 2.30. The second-order valence-corrected chi connectivity index (χ2v) is 6.66. The van der Waals surface area contributed by atoms with E-state index in [1.807, 2.05) is 0 Å². The van der Waals surface area contributed by atoms with Crippen molar-refractivity contribution in [3.63, 3.8) is 0 Å². The third kappa shape index (κ3) is 4.73. The van der Waals surface area contributed by atoms with Crippen LogP contribution < -0.4 is 10.5 Å². The molecule has 4 heteroatoms. The van der Waals surface area contributed by atoms with Gasteiger partial charge in [0.25, 0.3) is 0 Å². The van der Waals surface area contributed by atoms with E-state index in [9.17, 15) is 0 Å². The topological polar surface area (TPSA) is 59.0 Å². The summed E-state index contributed by atoms with van der Waals surface area (Å²) in [5, 5.41) is 8.83. The Morgan fingerprint density at radius 1 is 1.39 bits per heavy atom. The van der Waals surface area contributed by atoms with Gasteiger partial charge in [0, 0.05) is 0 Å². The zero-order valence-electron chi connectivity index (χ0n) is 11.1. The average molecular weight is 358 g/mol. The molecule has 0 aromatic heterocycles. The average Bonchev–Trinajstić information content (AvgIpc) is 2.25. The minimum absolute atomic E-state index is 0.326. The van der Waals surface area contributed by atoms with Gasteiger partial charge in [-0.25, -0.2) is 0 Å². The second kappa shape index (κ2) is 6.28. The largest absolute Gasteiger partial charge is 0.490 e. The summed E-state index contributed by atoms with van der Waals surface area (Å²) in [7, 11) is 0. The Kier molecular flexibility index (Phi) is 5.27. The van der Waals surface area contributed by atoms with Crippen LogP contribution in [0.2, 0.25) is 0 Å². The number of ether oxygens (including phenoxy) is 1. The van der Waals surface area contributed by atoms with Crippen LogP contribution in [0.15, 0.2) is 12.1 Å². The van der Waals surface area contributed by atoms with Gasteiger partial charge in [-0.3, -0.25) is 0 Å². The van der Waals surface area contributed by atoms with Crippen molar-refractivity contribution in [2.24, 2.45) is 5.41 Å². The highest BCUT2D eigenvalue weighted by atomic mass is 127. The fourth-order valence-electron chi connectivity index (χ4n) is 1.61. The Morgan fingerprint density at radius 3 is 2.56 bits per heavy atom. The van der Waals surface area contributed by atoms with Crippen molar-refractivity contribution in [1.29, 1.82) is 5.26 Å². The summed E-state index contributed by atoms with van der Waals surface area (Å²) < 4.78 is 6.61. The number of hydrogen-bond donors (Lipinski definition) is 1. The van der Waals surface area contributed by atoms with Gasteiger partial charge in [-0.2, -0.15) is 5.26 Å². The number of nitriles is 1. The molecule has 0 spiro atoms. The van der Waals surface area contributed by atoms with Crippen molar-refractivity contribution >= 4 is 28.3 Å². The van der Waals surface area contributed by atoms with Crippen LogP contribution in [0.3, 0.4) is 0 Å². The van der Waals surface area contributed by atoms with Crippen molar-refractivity contribution in [2.45, 2.75) is 33.6 Å². The van der Waals surface area contributed by atoms with Gasteiger partial charge < -0.3 is 10.5 Å². The van der Waals surface area contributed by atoms with Crippen LogP contribution >= 0.6 is 22.6 Å². The molecule has 0 amide bonds. The number of anilines is 1. The van der Waals surface area contributed by atoms with Gasteiger partial charge in [-0.1, -0.05) is 20.8 Å². The van der Waals surface area contributed by atoms with Crippen LogP contribution in [0.1, 0.15) is 39.2 Å². The maximum absolute atomic E-state index is 8.83. The van der Waals surface area contributed by atoms with Crippen LogP contribution in [0.25, 0.3) is 0 Å². The highest BCUT2D eigenvalue weighted by Gasteiger charge is 2.11. The third-order valence-corrected chi connectivity index (χ3v) is 3.32. The molecule has 0 saturated carbocycles. The molecule has 0 bridgehead atoms. The van der Waals surface area contributed by atoms with Gasteiger partial charge in [0.15, 0.2) is 5.75 Å². The molecule has 0 aliphatic carbocycles. The van der Waals surface area contributed by atoms with E-state index in [1.165, 1.54) is 0 Å². The van der Waals surface area contributed by atoms with Gasteiger partial charge in [0.1, 0.15) is 0 Å². The van der Waals surface area contributed by atoms with Gasteiger partial charge in [-0.05, 0) is 53.0 Å². The molecule has 1 rings (SSSR count). The first-order valence-electron chi connectivity index (χ1n) is 5.95. The maximum Gasteiger partial charge on any atom is 0.155 e. The number of rotatable bonds is 4. The number of benzene rings is 1. The molecule has 0 heterocycles. The molecule has 2 N–H and O–H groups in total. The summed E-state index contributed by atoms with van der Waals surface area (Å²) >= 11 is 2.15. The van der Waals surface area contributed by atoms with E-state index in [0.29, 0.717) is 29.0 Å². The number of nitrogens with zero attached hydrogens (tertiary/aromatic N) is 1. The van der Waals surface area contributed by atoms with Crippen molar-refractivity contribution in [3.8, 4) is 11.8 Å². The van der Waals surface area contributed by atoms with Crippen molar-refractivity contribution in [2.75, 3.05) is 12.3 Å². The van der Waals surface area contributed by atoms with Gasteiger partial charge in [0.2, 0.25) is 0 Å². The lowest BCUT2D eigenvalue weighted by Crippen LogP contribution is -2.09. The zero-order chi connectivity index (χ0) is 13.8. The quantitative estimate of drug-likeness (QED) is 0.504. The van der Waals surface area contributed by atoms with Crippen molar-refractivity contribution < 1.29 is 4.74 Å². The third-order valence-electron chi connectivity index (χ3n) is 2.52. The maximum atomic E-state index is 8.83. The lowest BCUT2D eigenvalue weighted by Gasteiger charge is -2.18. The van der Waals surface area contributed by atoms with Gasteiger partial charge >= 0.3 is 0 Å². The molecule has 1 aromatic rings. The van der Waals surface area contributed by atoms with E-state index in [-0.39, 0.29) is 0 Å². The summed E-state index contributed by atoms with van der Waals surface area (Å²) in [4.78, 5) is 0. The highest BCUT2D eigenvalue weighted by molar-refractivity contribution is 14.1. The van der Waals surface area contributed by atoms with Crippen LogP contribution in [-0.4, -0.2) is 6.61 Å². The van der Waals surface area contributed by atoms with Gasteiger partial charge in [-0.15, -0.1) is 0 Å². The van der Waals surface area contributed by atoms with E-state index >= 15 is 0 Å². The fraction of sp³-hybridized carbons (Fsp3) is 0.500. The molecule has 0 saturated heterocycles. The van der Waals surface area contributed by atoms with Gasteiger partial charge in [0.05, 0.1) is 27.5 Å². The standard InChI is InChI=1S/C14H19IN2O/c1-14(2,3)5-4-6-18-13-11(15)7-10(9-16)8-12(13)17/h7-8H,4-6,17H2,1-3H3. The van der Waals surface area contributed by atoms with E-state index < -0.39 is 0 Å². The number of nitrogen functional groups attached to an aromatic ring is 1. The molecular weight excluding hydrogens is 339 g/mol. The molecule has 3 nitrogen and oxygen atoms in total. The van der Waals surface area contributed by atoms with Crippen LogP contribution in [-0.2, 0) is 0 Å². The molecule has 0 aliphatic heterocycles. The first-order chi connectivity index (χ1) is 8.33. The van der Waals surface area contributed by atoms with Crippen LogP contribution in [0, 0.1) is 20.3 Å². The molecule has 0 fully saturated rings. The summed E-state index contributed by atoms with van der Waals surface area (Å²) in [6, 6.07) is 5.52. The summed E-state index contributed by atoms with van der Waals surface area (Å²) in [6.07, 6.45) is 2.11. The van der Waals surface area contributed by atoms with Crippen molar-refractivity contribution in [1.82, 2.24) is 0 Å². The molecule has 0 atom stereocenters. The number of hydrogen-bond acceptors (Lipinski definition) is 3. The Hall–Kier alpha value is -0.960. The Balaban J connectivity index is 2.61. The number of nitrogens with two attached hydrogens (primary N) is 1. The predicted octanol–water partition coefficient (Wildman–Crippen LogP) is 3.95. The molecule has 0 unspecified atom stereocenters. The Morgan fingerprint density at radius 2 is 2.06 bits per heavy atom. The molecule has 18 heavy (non-hydrogen) atoms. The minimum atomic E-state index is 0.326. The Bertz CT molecular complexity index is 435. The molecule has 1 aromatic carbocycles. The van der Waals surface area contributed by atoms with Crippen LogP contribution in [0.4, 0.5) is 5.69 Å². The first-order valence-corrected chi connectivity index (χ1v) is 7.03. The zero-order valence-corrected chi connectivity index (χ0v) is 13.2. The lowest BCUT2D eigenvalue weighted by molar-refractivity contribution is 0.269. The first kappa shape index (κ1) is 15.1. The molecule has 98 valence electrons. The second-order valence-electron chi connectivity index (χ2n) is 5.50. The van der Waals surface area contributed by atoms with E-state index in [2.05, 4.69) is 49.4 Å². The molecular formula is C14H19IN2O. The summed E-state index contributed by atoms with van der Waals surface area (Å²) in [5.74, 6) is 0.698. The normalized spacial score (nSPS) is 11.1. The molecule has 0 radical (unpaired) electrons. The minimum Gasteiger partial charge on any atom is -0.490 e. The van der Waals surface area contributed by atoms with Crippen molar-refractivity contribution in [3.05, 3.63) is 21.3 Å². The van der Waals surface area contributed by atoms with E-state index in [1.54, 1.807) is 12.1 Å². The lowest BCUT2D eigenvalue weighted by atomic mass is 9.91. The predicted molar refractivity (Wildman–Crippen MR) is 82.5 cm³/mol. The smallest absolute Gasteiger partial charge is 0.155 e. The number of halogens is 1. The summed E-state index contributed by atoms with van der Waals surface area (Å²) in [6.45, 7) is 7.30. The Labute approximate surface area is 122 Å². The van der Waals surface area contributed by atoms with E-state index in [4.69, 9.17) is 15.7 Å². The summed E-state index contributed by atoms with van der Waals surface area (Å²) in [5.41, 5.74) is 7.32. The van der Waals surface area contributed by atoms with Crippen LogP contribution in [0.5, 0.6) is 5.75 Å². The monoisotopic (exact) mass is 358 g/mol. The SMILES string of the molecule is CC(C)(C)CCCOc1c(N)cc(C#N)cc1I.